The van der Waals surface area contributed by atoms with Gasteiger partial charge in [0.2, 0.25) is 0 Å². The minimum Gasteiger partial charge on any atom is -0.391 e. The summed E-state index contributed by atoms with van der Waals surface area (Å²) in [7, 11) is 1.56. The molecule has 0 spiro atoms. The highest BCUT2D eigenvalue weighted by atomic mass is 16.5. The number of methoxy groups -OCH3 is 1. The lowest BCUT2D eigenvalue weighted by Crippen LogP contribution is -2.33. The van der Waals surface area contributed by atoms with Crippen LogP contribution in [-0.4, -0.2) is 55.8 Å². The maximum atomic E-state index is 9.84. The number of ether oxygens (including phenoxy) is 2. The first kappa shape index (κ1) is 18.1. The van der Waals surface area contributed by atoms with Gasteiger partial charge in [0.05, 0.1) is 31.5 Å². The molecule has 1 aromatic carbocycles. The van der Waals surface area contributed by atoms with Crippen LogP contribution in [0.2, 0.25) is 0 Å². The van der Waals surface area contributed by atoms with Gasteiger partial charge in [0.25, 0.3) is 0 Å². The van der Waals surface area contributed by atoms with Crippen LogP contribution in [-0.2, 0) is 9.47 Å². The number of aliphatic hydroxyl groups excluding tert-OH is 2. The number of aliphatic hydroxyl groups is 2. The largest absolute Gasteiger partial charge is 0.391 e. The van der Waals surface area contributed by atoms with Gasteiger partial charge in [0.15, 0.2) is 0 Å². The van der Waals surface area contributed by atoms with Gasteiger partial charge in [0.1, 0.15) is 0 Å². The molecule has 1 rings (SSSR count). The Balaban J connectivity index is 2.10. The van der Waals surface area contributed by atoms with Gasteiger partial charge in [-0.2, -0.15) is 0 Å². The molecule has 0 amide bonds. The van der Waals surface area contributed by atoms with Crippen LogP contribution in [0.15, 0.2) is 30.3 Å². The highest BCUT2D eigenvalue weighted by molar-refractivity contribution is 5.16. The zero-order chi connectivity index (χ0) is 15.5. The number of nitrogens with one attached hydrogen (secondary N) is 1. The van der Waals surface area contributed by atoms with Gasteiger partial charge in [-0.1, -0.05) is 30.3 Å². The fourth-order valence-electron chi connectivity index (χ4n) is 1.95. The third kappa shape index (κ3) is 8.14. The predicted molar refractivity (Wildman–Crippen MR) is 82.2 cm³/mol. The maximum absolute atomic E-state index is 9.84. The lowest BCUT2D eigenvalue weighted by atomic mass is 10.1. The molecule has 0 bridgehead atoms. The molecule has 0 saturated heterocycles. The minimum absolute atomic E-state index is 0.0376. The van der Waals surface area contributed by atoms with Crippen LogP contribution >= 0.6 is 0 Å². The van der Waals surface area contributed by atoms with E-state index in [2.05, 4.69) is 5.32 Å². The third-order valence-electron chi connectivity index (χ3n) is 3.20. The first-order chi connectivity index (χ1) is 10.1. The fourth-order valence-corrected chi connectivity index (χ4v) is 1.95. The molecule has 0 radical (unpaired) electrons. The molecular formula is C16H27NO4. The number of hydrogen-bond acceptors (Lipinski definition) is 5. The van der Waals surface area contributed by atoms with Crippen molar-refractivity contribution in [2.24, 2.45) is 0 Å². The Labute approximate surface area is 126 Å². The summed E-state index contributed by atoms with van der Waals surface area (Å²) in [5, 5.41) is 22.4. The zero-order valence-corrected chi connectivity index (χ0v) is 12.9. The first-order valence-electron chi connectivity index (χ1n) is 7.35. The Bertz CT molecular complexity index is 361. The topological polar surface area (TPSA) is 71.0 Å². The van der Waals surface area contributed by atoms with E-state index in [-0.39, 0.29) is 12.7 Å². The van der Waals surface area contributed by atoms with Crippen molar-refractivity contribution in [3.05, 3.63) is 35.9 Å². The second-order valence-electron chi connectivity index (χ2n) is 5.14. The lowest BCUT2D eigenvalue weighted by molar-refractivity contribution is -0.00252. The first-order valence-corrected chi connectivity index (χ1v) is 7.35. The molecule has 0 aliphatic rings. The van der Waals surface area contributed by atoms with Gasteiger partial charge in [0, 0.05) is 13.7 Å². The van der Waals surface area contributed by atoms with E-state index < -0.39 is 12.2 Å². The molecule has 120 valence electrons. The van der Waals surface area contributed by atoms with E-state index in [1.807, 2.05) is 37.3 Å². The van der Waals surface area contributed by atoms with Crippen molar-refractivity contribution in [3.8, 4) is 0 Å². The molecule has 3 atom stereocenters. The lowest BCUT2D eigenvalue weighted by Gasteiger charge is -2.17. The normalized spacial score (nSPS) is 15.6. The van der Waals surface area contributed by atoms with Gasteiger partial charge in [-0.05, 0) is 25.5 Å². The van der Waals surface area contributed by atoms with Crippen molar-refractivity contribution in [3.63, 3.8) is 0 Å². The van der Waals surface area contributed by atoms with Crippen molar-refractivity contribution in [1.29, 1.82) is 0 Å². The van der Waals surface area contributed by atoms with Crippen LogP contribution in [0.1, 0.15) is 25.0 Å². The maximum Gasteiger partial charge on any atom is 0.0897 e. The molecule has 3 N–H and O–H groups in total. The minimum atomic E-state index is -0.560. The SMILES string of the molecule is COCC(O)CCNCC(O)COC(C)c1ccccc1. The second-order valence-corrected chi connectivity index (χ2v) is 5.14. The average molecular weight is 297 g/mol. The van der Waals surface area contributed by atoms with E-state index in [4.69, 9.17) is 9.47 Å². The van der Waals surface area contributed by atoms with Crippen molar-refractivity contribution in [1.82, 2.24) is 5.32 Å². The molecule has 0 aliphatic carbocycles. The Morgan fingerprint density at radius 2 is 1.81 bits per heavy atom. The Morgan fingerprint density at radius 3 is 2.48 bits per heavy atom. The third-order valence-corrected chi connectivity index (χ3v) is 3.20. The molecule has 5 heteroatoms. The van der Waals surface area contributed by atoms with E-state index >= 15 is 0 Å². The van der Waals surface area contributed by atoms with Crippen LogP contribution in [0.4, 0.5) is 0 Å². The van der Waals surface area contributed by atoms with Gasteiger partial charge in [-0.3, -0.25) is 0 Å². The van der Waals surface area contributed by atoms with Crippen LogP contribution in [0.25, 0.3) is 0 Å². The molecule has 0 fully saturated rings. The molecule has 21 heavy (non-hydrogen) atoms. The van der Waals surface area contributed by atoms with E-state index in [1.165, 1.54) is 0 Å². The summed E-state index contributed by atoms with van der Waals surface area (Å²) in [5.41, 5.74) is 1.10. The molecule has 5 nitrogen and oxygen atoms in total. The zero-order valence-electron chi connectivity index (χ0n) is 12.9. The molecule has 0 saturated carbocycles. The van der Waals surface area contributed by atoms with Gasteiger partial charge in [-0.15, -0.1) is 0 Å². The van der Waals surface area contributed by atoms with Crippen LogP contribution in [0, 0.1) is 0 Å². The number of benzene rings is 1. The predicted octanol–water partition coefficient (Wildman–Crippen LogP) is 1.11. The molecule has 3 unspecified atom stereocenters. The highest BCUT2D eigenvalue weighted by Crippen LogP contribution is 2.15. The van der Waals surface area contributed by atoms with Crippen molar-refractivity contribution >= 4 is 0 Å². The summed E-state index contributed by atoms with van der Waals surface area (Å²) >= 11 is 0. The summed E-state index contributed by atoms with van der Waals surface area (Å²) in [6.45, 7) is 3.67. The van der Waals surface area contributed by atoms with E-state index in [0.717, 1.165) is 5.56 Å². The quantitative estimate of drug-likeness (QED) is 0.534. The standard InChI is InChI=1S/C16H27NO4/c1-13(14-6-4-3-5-7-14)21-12-16(19)10-17-9-8-15(18)11-20-2/h3-7,13,15-19H,8-12H2,1-2H3. The fraction of sp³-hybridized carbons (Fsp3) is 0.625. The molecule has 0 heterocycles. The van der Waals surface area contributed by atoms with Gasteiger partial charge in [-0.25, -0.2) is 0 Å². The number of rotatable bonds is 11. The highest BCUT2D eigenvalue weighted by Gasteiger charge is 2.10. The van der Waals surface area contributed by atoms with Crippen molar-refractivity contribution < 1.29 is 19.7 Å². The molecular weight excluding hydrogens is 270 g/mol. The smallest absolute Gasteiger partial charge is 0.0897 e. The summed E-state index contributed by atoms with van der Waals surface area (Å²) < 4.78 is 10.5. The van der Waals surface area contributed by atoms with Gasteiger partial charge >= 0.3 is 0 Å². The van der Waals surface area contributed by atoms with Crippen LogP contribution in [0.5, 0.6) is 0 Å². The Morgan fingerprint density at radius 1 is 1.10 bits per heavy atom. The van der Waals surface area contributed by atoms with E-state index in [9.17, 15) is 10.2 Å². The van der Waals surface area contributed by atoms with Crippen LogP contribution in [0.3, 0.4) is 0 Å². The molecule has 0 aromatic heterocycles. The Hall–Kier alpha value is -0.980. The van der Waals surface area contributed by atoms with E-state index in [1.54, 1.807) is 7.11 Å². The van der Waals surface area contributed by atoms with Crippen LogP contribution < -0.4 is 5.32 Å². The summed E-state index contributed by atoms with van der Waals surface area (Å²) in [5.74, 6) is 0. The average Bonchev–Trinajstić information content (AvgIpc) is 2.50. The van der Waals surface area contributed by atoms with Crippen molar-refractivity contribution in [2.75, 3.05) is 33.4 Å². The summed E-state index contributed by atoms with van der Waals surface area (Å²) in [6, 6.07) is 9.92. The monoisotopic (exact) mass is 297 g/mol. The van der Waals surface area contributed by atoms with E-state index in [0.29, 0.717) is 26.1 Å². The van der Waals surface area contributed by atoms with Crippen molar-refractivity contribution in [2.45, 2.75) is 31.7 Å². The van der Waals surface area contributed by atoms with Gasteiger partial charge < -0.3 is 25.0 Å². The molecule has 0 aliphatic heterocycles. The summed E-state index contributed by atoms with van der Waals surface area (Å²) in [6.07, 6.45) is -0.462. The Kier molecular flexibility index (Phi) is 9.21. The number of hydrogen-bond donors (Lipinski definition) is 3. The summed E-state index contributed by atoms with van der Waals surface area (Å²) in [4.78, 5) is 0. The molecule has 1 aromatic rings. The second kappa shape index (κ2) is 10.7.